The molecule has 1 aromatic carbocycles. The van der Waals surface area contributed by atoms with Gasteiger partial charge in [-0.1, -0.05) is 31.2 Å². The highest BCUT2D eigenvalue weighted by atomic mass is 16.2. The van der Waals surface area contributed by atoms with Gasteiger partial charge in [0.05, 0.1) is 12.2 Å². The van der Waals surface area contributed by atoms with Gasteiger partial charge in [-0.2, -0.15) is 5.10 Å². The number of benzene rings is 1. The van der Waals surface area contributed by atoms with E-state index in [1.807, 2.05) is 18.2 Å². The van der Waals surface area contributed by atoms with Gasteiger partial charge >= 0.3 is 0 Å². The number of amides is 1. The Labute approximate surface area is 139 Å². The van der Waals surface area contributed by atoms with E-state index in [1.165, 1.54) is 5.56 Å². The van der Waals surface area contributed by atoms with Gasteiger partial charge in [-0.15, -0.1) is 0 Å². The molecule has 1 amide bonds. The van der Waals surface area contributed by atoms with Crippen molar-refractivity contribution in [2.75, 3.05) is 6.54 Å². The number of aryl methyl sites for hydroxylation is 1. The number of carbonyl (C=O) groups is 1. The van der Waals surface area contributed by atoms with E-state index in [0.29, 0.717) is 36.0 Å². The maximum atomic E-state index is 11.9. The van der Waals surface area contributed by atoms with Crippen LogP contribution in [0.25, 0.3) is 22.8 Å². The van der Waals surface area contributed by atoms with Gasteiger partial charge in [0.15, 0.2) is 5.82 Å². The molecule has 0 spiro atoms. The number of carbonyl (C=O) groups excluding carboxylic acids is 1. The topological polar surface area (TPSA) is 72.7 Å². The van der Waals surface area contributed by atoms with Gasteiger partial charge in [-0.25, -0.2) is 9.97 Å². The number of aromatic nitrogens is 4. The molecule has 0 radical (unpaired) electrons. The summed E-state index contributed by atoms with van der Waals surface area (Å²) in [6.07, 6.45) is 2.73. The Bertz CT molecular complexity index is 898. The number of nitrogens with one attached hydrogen (secondary N) is 1. The molecule has 0 bridgehead atoms. The van der Waals surface area contributed by atoms with Crippen LogP contribution in [0.5, 0.6) is 0 Å². The Morgan fingerprint density at radius 1 is 1.17 bits per heavy atom. The van der Waals surface area contributed by atoms with Gasteiger partial charge in [0, 0.05) is 18.3 Å². The molecule has 1 N–H and O–H groups in total. The molecular weight excluding hydrogens is 302 g/mol. The van der Waals surface area contributed by atoms with Crippen LogP contribution in [0.15, 0.2) is 42.6 Å². The maximum Gasteiger partial charge on any atom is 0.269 e. The molecule has 24 heavy (non-hydrogen) atoms. The predicted octanol–water partition coefficient (Wildman–Crippen LogP) is 2.31. The Morgan fingerprint density at radius 2 is 2.00 bits per heavy atom. The Balaban J connectivity index is 1.71. The van der Waals surface area contributed by atoms with Crippen molar-refractivity contribution in [3.8, 4) is 22.8 Å². The first-order valence-electron chi connectivity index (χ1n) is 8.03. The smallest absolute Gasteiger partial charge is 0.269 e. The zero-order valence-electron chi connectivity index (χ0n) is 13.4. The van der Waals surface area contributed by atoms with Gasteiger partial charge < -0.3 is 5.32 Å². The number of hydrogen-bond donors (Lipinski definition) is 1. The van der Waals surface area contributed by atoms with E-state index < -0.39 is 0 Å². The highest BCUT2D eigenvalue weighted by Crippen LogP contribution is 2.22. The van der Waals surface area contributed by atoms with Gasteiger partial charge in [0.2, 0.25) is 0 Å². The standard InChI is InChI=1S/C18H17N5O/c1-2-12-3-5-13(6-4-12)17-19-8-7-14(21-17)15-11-16-18(24)20-9-10-23(16)22-15/h3-8,11H,2,9-10H2,1H3,(H,20,24). The van der Waals surface area contributed by atoms with Crippen molar-refractivity contribution in [3.05, 3.63) is 53.9 Å². The van der Waals surface area contributed by atoms with Crippen molar-refractivity contribution in [3.63, 3.8) is 0 Å². The Morgan fingerprint density at radius 3 is 2.75 bits per heavy atom. The highest BCUT2D eigenvalue weighted by molar-refractivity contribution is 5.94. The lowest BCUT2D eigenvalue weighted by molar-refractivity contribution is 0.0924. The molecular formula is C18H17N5O. The molecule has 6 nitrogen and oxygen atoms in total. The monoisotopic (exact) mass is 319 g/mol. The molecule has 0 saturated carbocycles. The average Bonchev–Trinajstić information content (AvgIpc) is 3.08. The SMILES string of the molecule is CCc1ccc(-c2nccc(-c3cc4n(n3)CCNC4=O)n2)cc1. The fourth-order valence-corrected chi connectivity index (χ4v) is 2.79. The molecule has 6 heteroatoms. The third kappa shape index (κ3) is 2.56. The molecule has 0 aliphatic carbocycles. The fourth-order valence-electron chi connectivity index (χ4n) is 2.79. The van der Waals surface area contributed by atoms with Crippen molar-refractivity contribution in [1.29, 1.82) is 0 Å². The number of rotatable bonds is 3. The van der Waals surface area contributed by atoms with E-state index in [9.17, 15) is 4.79 Å². The molecule has 0 unspecified atom stereocenters. The summed E-state index contributed by atoms with van der Waals surface area (Å²) >= 11 is 0. The molecule has 4 rings (SSSR count). The summed E-state index contributed by atoms with van der Waals surface area (Å²) in [7, 11) is 0. The minimum atomic E-state index is -0.0931. The summed E-state index contributed by atoms with van der Waals surface area (Å²) in [5, 5.41) is 7.32. The summed E-state index contributed by atoms with van der Waals surface area (Å²) in [5.74, 6) is 0.565. The van der Waals surface area contributed by atoms with Crippen LogP contribution in [0.4, 0.5) is 0 Å². The van der Waals surface area contributed by atoms with Gasteiger partial charge in [0.1, 0.15) is 11.4 Å². The van der Waals surface area contributed by atoms with E-state index in [2.05, 4.69) is 39.4 Å². The number of fused-ring (bicyclic) bond motifs is 1. The van der Waals surface area contributed by atoms with Crippen LogP contribution in [-0.4, -0.2) is 32.2 Å². The zero-order valence-corrected chi connectivity index (χ0v) is 13.4. The second-order valence-corrected chi connectivity index (χ2v) is 5.71. The summed E-state index contributed by atoms with van der Waals surface area (Å²) < 4.78 is 1.73. The molecule has 3 aromatic rings. The number of nitrogens with zero attached hydrogens (tertiary/aromatic N) is 4. The third-order valence-electron chi connectivity index (χ3n) is 4.16. The molecule has 0 saturated heterocycles. The number of hydrogen-bond acceptors (Lipinski definition) is 4. The first-order chi connectivity index (χ1) is 11.7. The molecule has 2 aromatic heterocycles. The van der Waals surface area contributed by atoms with Crippen molar-refractivity contribution < 1.29 is 4.79 Å². The van der Waals surface area contributed by atoms with Crippen LogP contribution < -0.4 is 5.32 Å². The fraction of sp³-hybridized carbons (Fsp3) is 0.222. The summed E-state index contributed by atoms with van der Waals surface area (Å²) in [4.78, 5) is 20.9. The van der Waals surface area contributed by atoms with E-state index in [-0.39, 0.29) is 5.91 Å². The largest absolute Gasteiger partial charge is 0.349 e. The quantitative estimate of drug-likeness (QED) is 0.804. The van der Waals surface area contributed by atoms with E-state index in [0.717, 1.165) is 12.0 Å². The predicted molar refractivity (Wildman–Crippen MR) is 90.4 cm³/mol. The average molecular weight is 319 g/mol. The first kappa shape index (κ1) is 14.6. The lowest BCUT2D eigenvalue weighted by Crippen LogP contribution is -2.35. The lowest BCUT2D eigenvalue weighted by atomic mass is 10.1. The van der Waals surface area contributed by atoms with Crippen molar-refractivity contribution in [1.82, 2.24) is 25.1 Å². The Kier molecular flexibility index (Phi) is 3.57. The van der Waals surface area contributed by atoms with Crippen molar-refractivity contribution in [2.24, 2.45) is 0 Å². The van der Waals surface area contributed by atoms with Gasteiger partial charge in [0.25, 0.3) is 5.91 Å². The third-order valence-corrected chi connectivity index (χ3v) is 4.16. The normalized spacial score (nSPS) is 13.5. The molecule has 1 aliphatic heterocycles. The van der Waals surface area contributed by atoms with E-state index >= 15 is 0 Å². The second kappa shape index (κ2) is 5.88. The van der Waals surface area contributed by atoms with Crippen LogP contribution in [0.1, 0.15) is 23.0 Å². The lowest BCUT2D eigenvalue weighted by Gasteiger charge is -2.13. The summed E-state index contributed by atoms with van der Waals surface area (Å²) in [6.45, 7) is 3.41. The van der Waals surface area contributed by atoms with Crippen molar-refractivity contribution in [2.45, 2.75) is 19.9 Å². The molecule has 1 aliphatic rings. The molecule has 0 fully saturated rings. The van der Waals surface area contributed by atoms with Crippen LogP contribution in [-0.2, 0) is 13.0 Å². The minimum absolute atomic E-state index is 0.0931. The van der Waals surface area contributed by atoms with Crippen LogP contribution in [0.2, 0.25) is 0 Å². The maximum absolute atomic E-state index is 11.9. The summed E-state index contributed by atoms with van der Waals surface area (Å²) in [6, 6.07) is 11.8. The van der Waals surface area contributed by atoms with Crippen LogP contribution >= 0.6 is 0 Å². The van der Waals surface area contributed by atoms with Crippen LogP contribution in [0, 0.1) is 0 Å². The minimum Gasteiger partial charge on any atom is -0.349 e. The Hall–Kier alpha value is -3.02. The second-order valence-electron chi connectivity index (χ2n) is 5.71. The molecule has 3 heterocycles. The van der Waals surface area contributed by atoms with E-state index in [1.54, 1.807) is 16.9 Å². The van der Waals surface area contributed by atoms with Gasteiger partial charge in [-0.05, 0) is 24.1 Å². The summed E-state index contributed by atoms with van der Waals surface area (Å²) in [5.41, 5.74) is 4.23. The van der Waals surface area contributed by atoms with Gasteiger partial charge in [-0.3, -0.25) is 9.48 Å². The zero-order chi connectivity index (χ0) is 16.5. The van der Waals surface area contributed by atoms with Crippen LogP contribution in [0.3, 0.4) is 0 Å². The molecule has 0 atom stereocenters. The van der Waals surface area contributed by atoms with E-state index in [4.69, 9.17) is 0 Å². The van der Waals surface area contributed by atoms with Crippen molar-refractivity contribution >= 4 is 5.91 Å². The first-order valence-corrected chi connectivity index (χ1v) is 8.03. The molecule has 120 valence electrons. The highest BCUT2D eigenvalue weighted by Gasteiger charge is 2.20.